The van der Waals surface area contributed by atoms with Crippen molar-refractivity contribution in [2.24, 2.45) is 0 Å². The molecule has 0 spiro atoms. The Labute approximate surface area is 119 Å². The summed E-state index contributed by atoms with van der Waals surface area (Å²) in [4.78, 5) is 4.76. The van der Waals surface area contributed by atoms with Crippen LogP contribution in [0.15, 0.2) is 24.3 Å². The fraction of sp³-hybridized carbons (Fsp3) is 0.533. The number of aryl methyl sites for hydroxylation is 1. The van der Waals surface area contributed by atoms with Crippen LogP contribution < -0.4 is 5.32 Å². The van der Waals surface area contributed by atoms with Crippen LogP contribution in [0.3, 0.4) is 0 Å². The highest BCUT2D eigenvalue weighted by Crippen LogP contribution is 2.16. The number of hydrogen-bond acceptors (Lipinski definition) is 3. The van der Waals surface area contributed by atoms with Gasteiger partial charge < -0.3 is 9.88 Å². The summed E-state index contributed by atoms with van der Waals surface area (Å²) >= 11 is 1.87. The lowest BCUT2D eigenvalue weighted by Gasteiger charge is -2.13. The average molecular weight is 277 g/mol. The predicted octanol–water partition coefficient (Wildman–Crippen LogP) is 3.29. The molecular weight excluding hydrogens is 254 g/mol. The fourth-order valence-corrected chi connectivity index (χ4v) is 2.93. The number of nitrogens with one attached hydrogen (secondary N) is 1. The van der Waals surface area contributed by atoms with Crippen molar-refractivity contribution in [2.75, 3.05) is 12.0 Å². The van der Waals surface area contributed by atoms with E-state index >= 15 is 0 Å². The van der Waals surface area contributed by atoms with Gasteiger partial charge in [-0.3, -0.25) is 0 Å². The zero-order valence-electron chi connectivity index (χ0n) is 12.0. The standard InChI is InChI=1S/C15H23N3S/c1-4-9-18-14-8-6-5-7-13(14)17-15(18)10-16-12(2)11-19-3/h5-8,12,16H,4,9-11H2,1-3H3. The van der Waals surface area contributed by atoms with Gasteiger partial charge in [0.05, 0.1) is 17.6 Å². The van der Waals surface area contributed by atoms with Gasteiger partial charge in [-0.05, 0) is 31.7 Å². The van der Waals surface area contributed by atoms with Crippen molar-refractivity contribution in [1.29, 1.82) is 0 Å². The molecule has 0 radical (unpaired) electrons. The number of nitrogens with zero attached hydrogens (tertiary/aromatic N) is 2. The van der Waals surface area contributed by atoms with Gasteiger partial charge in [-0.2, -0.15) is 11.8 Å². The summed E-state index contributed by atoms with van der Waals surface area (Å²) in [5.41, 5.74) is 2.35. The Kier molecular flexibility index (Phi) is 5.28. The van der Waals surface area contributed by atoms with Gasteiger partial charge in [-0.15, -0.1) is 0 Å². The van der Waals surface area contributed by atoms with Crippen LogP contribution in [-0.2, 0) is 13.1 Å². The van der Waals surface area contributed by atoms with Crippen molar-refractivity contribution in [1.82, 2.24) is 14.9 Å². The third-order valence-corrected chi connectivity index (χ3v) is 4.04. The highest BCUT2D eigenvalue weighted by molar-refractivity contribution is 7.98. The number of imidazole rings is 1. The molecule has 0 saturated carbocycles. The molecular formula is C15H23N3S. The van der Waals surface area contributed by atoms with Gasteiger partial charge in [0.25, 0.3) is 0 Å². The van der Waals surface area contributed by atoms with E-state index in [0.29, 0.717) is 6.04 Å². The predicted molar refractivity (Wildman–Crippen MR) is 84.7 cm³/mol. The quantitative estimate of drug-likeness (QED) is 0.842. The Balaban J connectivity index is 2.19. The lowest BCUT2D eigenvalue weighted by atomic mass is 10.3. The summed E-state index contributed by atoms with van der Waals surface area (Å²) in [5, 5.41) is 3.56. The molecule has 1 aromatic heterocycles. The molecule has 0 aliphatic rings. The number of hydrogen-bond donors (Lipinski definition) is 1. The molecule has 0 aliphatic carbocycles. The molecule has 1 atom stereocenters. The summed E-state index contributed by atoms with van der Waals surface area (Å²) < 4.78 is 2.34. The number of para-hydroxylation sites is 2. The van der Waals surface area contributed by atoms with Crippen LogP contribution in [0.2, 0.25) is 0 Å². The van der Waals surface area contributed by atoms with E-state index in [0.717, 1.165) is 36.6 Å². The van der Waals surface area contributed by atoms with Crippen molar-refractivity contribution in [2.45, 2.75) is 39.4 Å². The van der Waals surface area contributed by atoms with E-state index < -0.39 is 0 Å². The maximum Gasteiger partial charge on any atom is 0.123 e. The first-order valence-corrected chi connectivity index (χ1v) is 8.32. The lowest BCUT2D eigenvalue weighted by molar-refractivity contribution is 0.551. The molecule has 1 aromatic carbocycles. The number of rotatable bonds is 7. The Morgan fingerprint density at radius 2 is 2.16 bits per heavy atom. The van der Waals surface area contributed by atoms with Gasteiger partial charge >= 0.3 is 0 Å². The minimum Gasteiger partial charge on any atom is -0.327 e. The minimum absolute atomic E-state index is 0.518. The topological polar surface area (TPSA) is 29.9 Å². The normalized spacial score (nSPS) is 13.0. The van der Waals surface area contributed by atoms with Crippen molar-refractivity contribution in [3.8, 4) is 0 Å². The van der Waals surface area contributed by atoms with E-state index in [1.807, 2.05) is 11.8 Å². The summed E-state index contributed by atoms with van der Waals surface area (Å²) in [6.45, 7) is 6.32. The molecule has 2 rings (SSSR count). The first-order chi connectivity index (χ1) is 9.26. The fourth-order valence-electron chi connectivity index (χ4n) is 2.31. The molecule has 4 heteroatoms. The van der Waals surface area contributed by atoms with Crippen LogP contribution >= 0.6 is 11.8 Å². The monoisotopic (exact) mass is 277 g/mol. The Morgan fingerprint density at radius 1 is 1.37 bits per heavy atom. The summed E-state index contributed by atoms with van der Waals surface area (Å²) in [6, 6.07) is 8.91. The number of thioether (sulfide) groups is 1. The third-order valence-electron chi connectivity index (χ3n) is 3.21. The Bertz CT molecular complexity index is 521. The van der Waals surface area contributed by atoms with Gasteiger partial charge in [0, 0.05) is 18.3 Å². The molecule has 19 heavy (non-hydrogen) atoms. The second-order valence-corrected chi connectivity index (χ2v) is 5.82. The van der Waals surface area contributed by atoms with Crippen LogP contribution in [0.4, 0.5) is 0 Å². The molecule has 104 valence electrons. The largest absolute Gasteiger partial charge is 0.327 e. The lowest BCUT2D eigenvalue weighted by Crippen LogP contribution is -2.29. The molecule has 0 saturated heterocycles. The molecule has 0 aliphatic heterocycles. The van der Waals surface area contributed by atoms with E-state index in [4.69, 9.17) is 4.98 Å². The number of benzene rings is 1. The smallest absolute Gasteiger partial charge is 0.123 e. The molecule has 0 fully saturated rings. The highest BCUT2D eigenvalue weighted by atomic mass is 32.2. The van der Waals surface area contributed by atoms with E-state index in [1.165, 1.54) is 5.52 Å². The maximum atomic E-state index is 4.76. The van der Waals surface area contributed by atoms with Gasteiger partial charge in [0.1, 0.15) is 5.82 Å². The van der Waals surface area contributed by atoms with Crippen LogP contribution in [-0.4, -0.2) is 27.6 Å². The first kappa shape index (κ1) is 14.4. The molecule has 2 aromatic rings. The van der Waals surface area contributed by atoms with Gasteiger partial charge in [-0.25, -0.2) is 4.98 Å². The molecule has 0 bridgehead atoms. The van der Waals surface area contributed by atoms with Crippen LogP contribution in [0.25, 0.3) is 11.0 Å². The van der Waals surface area contributed by atoms with Crippen LogP contribution in [0.5, 0.6) is 0 Å². The van der Waals surface area contributed by atoms with Crippen LogP contribution in [0.1, 0.15) is 26.1 Å². The second-order valence-electron chi connectivity index (χ2n) is 4.91. The van der Waals surface area contributed by atoms with Crippen molar-refractivity contribution < 1.29 is 0 Å². The Morgan fingerprint density at radius 3 is 2.89 bits per heavy atom. The third kappa shape index (κ3) is 3.51. The van der Waals surface area contributed by atoms with E-state index in [2.05, 4.69) is 54.3 Å². The van der Waals surface area contributed by atoms with Gasteiger partial charge in [-0.1, -0.05) is 19.1 Å². The SMILES string of the molecule is CCCn1c(CNC(C)CSC)nc2ccccc21. The van der Waals surface area contributed by atoms with Crippen molar-refractivity contribution >= 4 is 22.8 Å². The molecule has 3 nitrogen and oxygen atoms in total. The zero-order valence-corrected chi connectivity index (χ0v) is 12.8. The summed E-state index contributed by atoms with van der Waals surface area (Å²) in [6.07, 6.45) is 3.28. The van der Waals surface area contributed by atoms with Crippen molar-refractivity contribution in [3.05, 3.63) is 30.1 Å². The van der Waals surface area contributed by atoms with E-state index in [1.54, 1.807) is 0 Å². The number of fused-ring (bicyclic) bond motifs is 1. The molecule has 0 amide bonds. The average Bonchev–Trinajstić information content (AvgIpc) is 2.76. The summed E-state index contributed by atoms with van der Waals surface area (Å²) in [5.74, 6) is 2.28. The highest BCUT2D eigenvalue weighted by Gasteiger charge is 2.10. The second kappa shape index (κ2) is 6.96. The summed E-state index contributed by atoms with van der Waals surface area (Å²) in [7, 11) is 0. The minimum atomic E-state index is 0.518. The molecule has 1 unspecified atom stereocenters. The number of aromatic nitrogens is 2. The van der Waals surface area contributed by atoms with E-state index in [9.17, 15) is 0 Å². The molecule has 1 heterocycles. The van der Waals surface area contributed by atoms with Gasteiger partial charge in [0.15, 0.2) is 0 Å². The van der Waals surface area contributed by atoms with E-state index in [-0.39, 0.29) is 0 Å². The zero-order chi connectivity index (χ0) is 13.7. The maximum absolute atomic E-state index is 4.76. The first-order valence-electron chi connectivity index (χ1n) is 6.92. The van der Waals surface area contributed by atoms with Crippen molar-refractivity contribution in [3.63, 3.8) is 0 Å². The Hall–Kier alpha value is -1.00. The molecule has 1 N–H and O–H groups in total. The van der Waals surface area contributed by atoms with Gasteiger partial charge in [0.2, 0.25) is 0 Å². The van der Waals surface area contributed by atoms with Crippen LogP contribution in [0, 0.1) is 0 Å².